The number of rotatable bonds is 4. The summed E-state index contributed by atoms with van der Waals surface area (Å²) in [6.07, 6.45) is 6.80. The van der Waals surface area contributed by atoms with Crippen LogP contribution < -0.4 is 10.1 Å². The van der Waals surface area contributed by atoms with Gasteiger partial charge in [-0.3, -0.25) is 0 Å². The molecule has 0 aliphatic heterocycles. The van der Waals surface area contributed by atoms with Gasteiger partial charge in [0.2, 0.25) is 0 Å². The number of nitrogens with one attached hydrogen (secondary N) is 1. The lowest BCUT2D eigenvalue weighted by Crippen LogP contribution is -2.27. The Kier molecular flexibility index (Phi) is 5.06. The molecule has 0 radical (unpaired) electrons. The van der Waals surface area contributed by atoms with E-state index < -0.39 is 0 Å². The molecule has 0 amide bonds. The minimum atomic E-state index is 0.696. The predicted molar refractivity (Wildman–Crippen MR) is 75.9 cm³/mol. The van der Waals surface area contributed by atoms with E-state index in [1.807, 2.05) is 6.07 Å². The van der Waals surface area contributed by atoms with Crippen LogP contribution in [0, 0.1) is 5.92 Å². The second kappa shape index (κ2) is 6.79. The molecule has 1 aromatic rings. The molecule has 0 bridgehead atoms. The molecule has 2 unspecified atom stereocenters. The first-order valence-electron chi connectivity index (χ1n) is 7.14. The van der Waals surface area contributed by atoms with Gasteiger partial charge in [0.1, 0.15) is 5.75 Å². The van der Waals surface area contributed by atoms with Crippen molar-refractivity contribution in [3.05, 3.63) is 29.8 Å². The third-order valence-corrected chi connectivity index (χ3v) is 3.99. The number of benzene rings is 1. The quantitative estimate of drug-likeness (QED) is 0.818. The van der Waals surface area contributed by atoms with Crippen LogP contribution in [0.3, 0.4) is 0 Å². The highest BCUT2D eigenvalue weighted by Gasteiger charge is 2.15. The summed E-state index contributed by atoms with van der Waals surface area (Å²) in [5.41, 5.74) is 1.31. The van der Waals surface area contributed by atoms with Gasteiger partial charge in [0, 0.05) is 12.6 Å². The fourth-order valence-corrected chi connectivity index (χ4v) is 2.74. The van der Waals surface area contributed by atoms with E-state index in [0.717, 1.165) is 18.2 Å². The SMILES string of the molecule is COc1cccc(CNC2CCCC(C)CC2)c1. The largest absolute Gasteiger partial charge is 0.497 e. The predicted octanol–water partition coefficient (Wildman–Crippen LogP) is 3.75. The van der Waals surface area contributed by atoms with E-state index in [4.69, 9.17) is 4.74 Å². The Morgan fingerprint density at radius 1 is 1.22 bits per heavy atom. The van der Waals surface area contributed by atoms with E-state index in [2.05, 4.69) is 30.4 Å². The summed E-state index contributed by atoms with van der Waals surface area (Å²) in [4.78, 5) is 0. The molecule has 100 valence electrons. The lowest BCUT2D eigenvalue weighted by atomic mass is 10.0. The van der Waals surface area contributed by atoms with Gasteiger partial charge in [-0.2, -0.15) is 0 Å². The monoisotopic (exact) mass is 247 g/mol. The molecule has 0 spiro atoms. The standard InChI is InChI=1S/C16H25NO/c1-13-5-3-7-15(10-9-13)17-12-14-6-4-8-16(11-14)18-2/h4,6,8,11,13,15,17H,3,5,7,9-10,12H2,1-2H3. The van der Waals surface area contributed by atoms with Gasteiger partial charge in [0.25, 0.3) is 0 Å². The van der Waals surface area contributed by atoms with Gasteiger partial charge in [-0.25, -0.2) is 0 Å². The Morgan fingerprint density at radius 3 is 2.94 bits per heavy atom. The normalized spacial score (nSPS) is 24.6. The average Bonchev–Trinajstić information content (AvgIpc) is 2.61. The van der Waals surface area contributed by atoms with Crippen molar-refractivity contribution in [2.45, 2.75) is 51.6 Å². The van der Waals surface area contributed by atoms with E-state index in [-0.39, 0.29) is 0 Å². The van der Waals surface area contributed by atoms with Crippen LogP contribution in [0.2, 0.25) is 0 Å². The van der Waals surface area contributed by atoms with E-state index in [1.54, 1.807) is 7.11 Å². The molecule has 0 heterocycles. The van der Waals surface area contributed by atoms with Crippen LogP contribution in [0.25, 0.3) is 0 Å². The molecular formula is C16H25NO. The van der Waals surface area contributed by atoms with Crippen molar-refractivity contribution >= 4 is 0 Å². The van der Waals surface area contributed by atoms with Crippen LogP contribution in [-0.4, -0.2) is 13.2 Å². The highest BCUT2D eigenvalue weighted by atomic mass is 16.5. The van der Waals surface area contributed by atoms with Crippen molar-refractivity contribution in [2.75, 3.05) is 7.11 Å². The van der Waals surface area contributed by atoms with Crippen molar-refractivity contribution in [1.82, 2.24) is 5.32 Å². The fraction of sp³-hybridized carbons (Fsp3) is 0.625. The van der Waals surface area contributed by atoms with Crippen LogP contribution in [0.5, 0.6) is 5.75 Å². The Hall–Kier alpha value is -1.02. The van der Waals surface area contributed by atoms with Crippen molar-refractivity contribution in [1.29, 1.82) is 0 Å². The van der Waals surface area contributed by atoms with E-state index in [1.165, 1.54) is 37.7 Å². The molecule has 2 nitrogen and oxygen atoms in total. The highest BCUT2D eigenvalue weighted by molar-refractivity contribution is 5.28. The molecule has 0 aromatic heterocycles. The minimum Gasteiger partial charge on any atom is -0.497 e. The van der Waals surface area contributed by atoms with Crippen molar-refractivity contribution in [3.8, 4) is 5.75 Å². The first kappa shape index (κ1) is 13.4. The second-order valence-electron chi connectivity index (χ2n) is 5.54. The summed E-state index contributed by atoms with van der Waals surface area (Å²) in [6, 6.07) is 9.03. The maximum Gasteiger partial charge on any atom is 0.119 e. The smallest absolute Gasteiger partial charge is 0.119 e. The van der Waals surface area contributed by atoms with Crippen LogP contribution in [0.4, 0.5) is 0 Å². The maximum absolute atomic E-state index is 5.25. The Morgan fingerprint density at radius 2 is 2.11 bits per heavy atom. The van der Waals surface area contributed by atoms with Crippen LogP contribution >= 0.6 is 0 Å². The number of ether oxygens (including phenoxy) is 1. The van der Waals surface area contributed by atoms with Gasteiger partial charge in [-0.15, -0.1) is 0 Å². The van der Waals surface area contributed by atoms with Gasteiger partial charge in [0.15, 0.2) is 0 Å². The minimum absolute atomic E-state index is 0.696. The molecule has 1 N–H and O–H groups in total. The molecule has 2 heteroatoms. The number of methoxy groups -OCH3 is 1. The maximum atomic E-state index is 5.25. The van der Waals surface area contributed by atoms with Gasteiger partial charge in [-0.1, -0.05) is 31.9 Å². The van der Waals surface area contributed by atoms with E-state index >= 15 is 0 Å². The highest BCUT2D eigenvalue weighted by Crippen LogP contribution is 2.23. The molecule has 2 rings (SSSR count). The molecule has 0 saturated heterocycles. The van der Waals surface area contributed by atoms with Crippen molar-refractivity contribution in [3.63, 3.8) is 0 Å². The van der Waals surface area contributed by atoms with Gasteiger partial charge < -0.3 is 10.1 Å². The van der Waals surface area contributed by atoms with Gasteiger partial charge in [-0.05, 0) is 42.9 Å². The Balaban J connectivity index is 1.83. The lowest BCUT2D eigenvalue weighted by Gasteiger charge is -2.16. The summed E-state index contributed by atoms with van der Waals surface area (Å²) in [7, 11) is 1.72. The third-order valence-electron chi connectivity index (χ3n) is 3.99. The van der Waals surface area contributed by atoms with Crippen molar-refractivity contribution in [2.24, 2.45) is 5.92 Å². The van der Waals surface area contributed by atoms with Gasteiger partial charge in [0.05, 0.1) is 7.11 Å². The summed E-state index contributed by atoms with van der Waals surface area (Å²) in [5, 5.41) is 3.69. The zero-order valence-corrected chi connectivity index (χ0v) is 11.6. The van der Waals surface area contributed by atoms with E-state index in [9.17, 15) is 0 Å². The average molecular weight is 247 g/mol. The molecule has 1 aliphatic carbocycles. The fourth-order valence-electron chi connectivity index (χ4n) is 2.74. The summed E-state index contributed by atoms with van der Waals surface area (Å²) >= 11 is 0. The number of hydrogen-bond acceptors (Lipinski definition) is 2. The summed E-state index contributed by atoms with van der Waals surface area (Å²) < 4.78 is 5.25. The zero-order chi connectivity index (χ0) is 12.8. The Labute approximate surface area is 111 Å². The number of hydrogen-bond donors (Lipinski definition) is 1. The van der Waals surface area contributed by atoms with E-state index in [0.29, 0.717) is 6.04 Å². The molecule has 1 aromatic carbocycles. The molecule has 18 heavy (non-hydrogen) atoms. The molecule has 2 atom stereocenters. The summed E-state index contributed by atoms with van der Waals surface area (Å²) in [5.74, 6) is 1.86. The summed E-state index contributed by atoms with van der Waals surface area (Å²) in [6.45, 7) is 3.33. The van der Waals surface area contributed by atoms with Gasteiger partial charge >= 0.3 is 0 Å². The first-order chi connectivity index (χ1) is 8.78. The topological polar surface area (TPSA) is 21.3 Å². The zero-order valence-electron chi connectivity index (χ0n) is 11.6. The second-order valence-corrected chi connectivity index (χ2v) is 5.54. The third kappa shape index (κ3) is 4.02. The van der Waals surface area contributed by atoms with Crippen LogP contribution in [0.1, 0.15) is 44.6 Å². The molecule has 1 aliphatic rings. The molecule has 1 saturated carbocycles. The molecular weight excluding hydrogens is 222 g/mol. The van der Waals surface area contributed by atoms with Crippen LogP contribution in [-0.2, 0) is 6.54 Å². The Bertz CT molecular complexity index is 364. The lowest BCUT2D eigenvalue weighted by molar-refractivity contribution is 0.412. The molecule has 1 fully saturated rings. The first-order valence-corrected chi connectivity index (χ1v) is 7.14. The van der Waals surface area contributed by atoms with Crippen molar-refractivity contribution < 1.29 is 4.74 Å². The van der Waals surface area contributed by atoms with Crippen LogP contribution in [0.15, 0.2) is 24.3 Å².